The highest BCUT2D eigenvalue weighted by molar-refractivity contribution is 6.33. The molecule has 1 saturated heterocycles. The van der Waals surface area contributed by atoms with Crippen LogP contribution < -0.4 is 10.2 Å². The lowest BCUT2D eigenvalue weighted by Crippen LogP contribution is -2.50. The average Bonchev–Trinajstić information content (AvgIpc) is 2.59. The molecule has 1 aromatic carbocycles. The van der Waals surface area contributed by atoms with Crippen LogP contribution >= 0.6 is 11.6 Å². The molecule has 8 heteroatoms. The maximum absolute atomic E-state index is 13.7. The summed E-state index contributed by atoms with van der Waals surface area (Å²) in [5, 5.41) is 2.71. The van der Waals surface area contributed by atoms with Gasteiger partial charge in [0.1, 0.15) is 5.82 Å². The van der Waals surface area contributed by atoms with Crippen molar-refractivity contribution in [2.75, 3.05) is 36.4 Å². The van der Waals surface area contributed by atoms with Gasteiger partial charge in [-0.1, -0.05) is 17.7 Å². The summed E-state index contributed by atoms with van der Waals surface area (Å²) in [7, 11) is 0. The normalized spacial score (nSPS) is 14.7. The summed E-state index contributed by atoms with van der Waals surface area (Å²) in [4.78, 5) is 24.3. The summed E-state index contributed by atoms with van der Waals surface area (Å²) in [6.07, 6.45) is 3.36. The minimum atomic E-state index is -0.554. The van der Waals surface area contributed by atoms with Crippen molar-refractivity contribution in [3.8, 4) is 0 Å². The molecule has 1 N–H and O–H groups in total. The van der Waals surface area contributed by atoms with Crippen LogP contribution in [-0.4, -0.2) is 47.1 Å². The van der Waals surface area contributed by atoms with Gasteiger partial charge in [0, 0.05) is 38.6 Å². The molecule has 120 valence electrons. The fraction of sp³-hybridized carbons (Fsp3) is 0.267. The quantitative estimate of drug-likeness (QED) is 0.916. The number of benzene rings is 1. The van der Waals surface area contributed by atoms with E-state index in [1.165, 1.54) is 18.2 Å². The van der Waals surface area contributed by atoms with Crippen molar-refractivity contribution in [3.63, 3.8) is 0 Å². The molecule has 2 heterocycles. The Balaban J connectivity index is 1.60. The molecule has 2 aromatic rings. The van der Waals surface area contributed by atoms with Gasteiger partial charge in [-0.15, -0.1) is 0 Å². The second-order valence-corrected chi connectivity index (χ2v) is 5.46. The van der Waals surface area contributed by atoms with Crippen molar-refractivity contribution in [1.29, 1.82) is 0 Å². The molecular formula is C15H15ClFN5O. The Morgan fingerprint density at radius 1 is 1.13 bits per heavy atom. The van der Waals surface area contributed by atoms with E-state index >= 15 is 0 Å². The second-order valence-electron chi connectivity index (χ2n) is 5.05. The van der Waals surface area contributed by atoms with Crippen LogP contribution in [0.4, 0.5) is 20.8 Å². The first-order chi connectivity index (χ1) is 11.1. The lowest BCUT2D eigenvalue weighted by Gasteiger charge is -2.34. The smallest absolute Gasteiger partial charge is 0.322 e. The monoisotopic (exact) mass is 335 g/mol. The molecule has 23 heavy (non-hydrogen) atoms. The first kappa shape index (κ1) is 15.5. The first-order valence-electron chi connectivity index (χ1n) is 7.17. The number of halogens is 2. The number of nitrogens with zero attached hydrogens (tertiary/aromatic N) is 4. The van der Waals surface area contributed by atoms with E-state index in [1.807, 2.05) is 4.90 Å². The number of aromatic nitrogens is 2. The van der Waals surface area contributed by atoms with Crippen LogP contribution in [0.15, 0.2) is 36.7 Å². The highest BCUT2D eigenvalue weighted by Gasteiger charge is 2.23. The van der Waals surface area contributed by atoms with Crippen LogP contribution in [0.3, 0.4) is 0 Å². The van der Waals surface area contributed by atoms with E-state index in [1.54, 1.807) is 23.4 Å². The Morgan fingerprint density at radius 3 is 2.48 bits per heavy atom. The molecule has 0 saturated carbocycles. The van der Waals surface area contributed by atoms with Gasteiger partial charge in [-0.3, -0.25) is 0 Å². The number of para-hydroxylation sites is 1. The number of piperazine rings is 1. The SMILES string of the molecule is O=C(Nc1c(F)cccc1Cl)N1CCN(c2ncccn2)CC1. The number of amides is 2. The molecule has 0 bridgehead atoms. The van der Waals surface area contributed by atoms with Crippen molar-refractivity contribution in [2.45, 2.75) is 0 Å². The van der Waals surface area contributed by atoms with Gasteiger partial charge in [-0.2, -0.15) is 0 Å². The molecule has 1 fully saturated rings. The third-order valence-electron chi connectivity index (χ3n) is 3.60. The molecule has 0 spiro atoms. The minimum Gasteiger partial charge on any atom is -0.337 e. The molecule has 0 unspecified atom stereocenters. The van der Waals surface area contributed by atoms with E-state index in [4.69, 9.17) is 11.6 Å². The van der Waals surface area contributed by atoms with E-state index in [0.717, 1.165) is 0 Å². The highest BCUT2D eigenvalue weighted by Crippen LogP contribution is 2.25. The summed E-state index contributed by atoms with van der Waals surface area (Å²) in [5.41, 5.74) is 0.00740. The molecule has 3 rings (SSSR count). The maximum atomic E-state index is 13.7. The Labute approximate surface area is 137 Å². The number of nitrogens with one attached hydrogen (secondary N) is 1. The second kappa shape index (κ2) is 6.78. The zero-order valence-electron chi connectivity index (χ0n) is 12.2. The van der Waals surface area contributed by atoms with Gasteiger partial charge >= 0.3 is 6.03 Å². The molecule has 1 aliphatic heterocycles. The topological polar surface area (TPSA) is 61.4 Å². The fourth-order valence-electron chi connectivity index (χ4n) is 2.37. The van der Waals surface area contributed by atoms with E-state index in [-0.39, 0.29) is 16.7 Å². The number of hydrogen-bond donors (Lipinski definition) is 1. The lowest BCUT2D eigenvalue weighted by atomic mass is 10.3. The van der Waals surface area contributed by atoms with Gasteiger partial charge in [-0.05, 0) is 18.2 Å². The van der Waals surface area contributed by atoms with Crippen molar-refractivity contribution >= 4 is 29.3 Å². The number of urea groups is 1. The van der Waals surface area contributed by atoms with Crippen molar-refractivity contribution in [1.82, 2.24) is 14.9 Å². The minimum absolute atomic E-state index is 0.00740. The fourth-order valence-corrected chi connectivity index (χ4v) is 2.58. The number of hydrogen-bond acceptors (Lipinski definition) is 4. The molecule has 1 aromatic heterocycles. The summed E-state index contributed by atoms with van der Waals surface area (Å²) in [6, 6.07) is 5.67. The zero-order valence-corrected chi connectivity index (χ0v) is 13.0. The standard InChI is InChI=1S/C15H15ClFN5O/c16-11-3-1-4-12(17)13(11)20-15(23)22-9-7-21(8-10-22)14-18-5-2-6-19-14/h1-6H,7-10H2,(H,20,23). The predicted molar refractivity (Wildman–Crippen MR) is 86.2 cm³/mol. The van der Waals surface area contributed by atoms with Crippen molar-refractivity contribution in [3.05, 3.63) is 47.5 Å². The van der Waals surface area contributed by atoms with Crippen LogP contribution in [0, 0.1) is 5.82 Å². The number of rotatable bonds is 2. The molecule has 2 amide bonds. The molecule has 0 aliphatic carbocycles. The summed E-state index contributed by atoms with van der Waals surface area (Å²) in [6.45, 7) is 2.22. The number of carbonyl (C=O) groups is 1. The van der Waals surface area contributed by atoms with Crippen LogP contribution in [0.1, 0.15) is 0 Å². The van der Waals surface area contributed by atoms with Crippen molar-refractivity contribution in [2.24, 2.45) is 0 Å². The Bertz CT molecular complexity index is 671. The predicted octanol–water partition coefficient (Wildman–Crippen LogP) is 2.62. The summed E-state index contributed by atoms with van der Waals surface area (Å²) >= 11 is 5.92. The molecule has 6 nitrogen and oxygen atoms in total. The Morgan fingerprint density at radius 2 is 1.83 bits per heavy atom. The van der Waals surface area contributed by atoms with Crippen molar-refractivity contribution < 1.29 is 9.18 Å². The third kappa shape index (κ3) is 3.50. The average molecular weight is 336 g/mol. The van der Waals surface area contributed by atoms with E-state index in [0.29, 0.717) is 32.1 Å². The first-order valence-corrected chi connectivity index (χ1v) is 7.55. The van der Waals surface area contributed by atoms with Gasteiger partial charge < -0.3 is 15.1 Å². The Kier molecular flexibility index (Phi) is 4.57. The van der Waals surface area contributed by atoms with Crippen LogP contribution in [-0.2, 0) is 0 Å². The molecular weight excluding hydrogens is 321 g/mol. The van der Waals surface area contributed by atoms with E-state index in [9.17, 15) is 9.18 Å². The maximum Gasteiger partial charge on any atom is 0.322 e. The highest BCUT2D eigenvalue weighted by atomic mass is 35.5. The van der Waals surface area contributed by atoms with Crippen LogP contribution in [0.5, 0.6) is 0 Å². The third-order valence-corrected chi connectivity index (χ3v) is 3.91. The van der Waals surface area contributed by atoms with Gasteiger partial charge in [0.05, 0.1) is 10.7 Å². The number of carbonyl (C=O) groups excluding carboxylic acids is 1. The van der Waals surface area contributed by atoms with Gasteiger partial charge in [0.25, 0.3) is 0 Å². The number of anilines is 2. The molecule has 0 atom stereocenters. The van der Waals surface area contributed by atoms with Crippen LogP contribution in [0.2, 0.25) is 5.02 Å². The zero-order chi connectivity index (χ0) is 16.2. The largest absolute Gasteiger partial charge is 0.337 e. The van der Waals surface area contributed by atoms with E-state index < -0.39 is 5.82 Å². The van der Waals surface area contributed by atoms with Gasteiger partial charge in [0.15, 0.2) is 0 Å². The van der Waals surface area contributed by atoms with Gasteiger partial charge in [0.2, 0.25) is 5.95 Å². The summed E-state index contributed by atoms with van der Waals surface area (Å²) in [5.74, 6) is 0.0897. The van der Waals surface area contributed by atoms with Gasteiger partial charge in [-0.25, -0.2) is 19.2 Å². The van der Waals surface area contributed by atoms with Crippen LogP contribution in [0.25, 0.3) is 0 Å². The molecule has 0 radical (unpaired) electrons. The Hall–Kier alpha value is -2.41. The lowest BCUT2D eigenvalue weighted by molar-refractivity contribution is 0.208. The van der Waals surface area contributed by atoms with E-state index in [2.05, 4.69) is 15.3 Å². The molecule has 1 aliphatic rings. The summed E-state index contributed by atoms with van der Waals surface area (Å²) < 4.78 is 13.7.